The van der Waals surface area contributed by atoms with Gasteiger partial charge >= 0.3 is 0 Å². The van der Waals surface area contributed by atoms with Gasteiger partial charge in [-0.25, -0.2) is 0 Å². The molecule has 3 N–H and O–H groups in total. The van der Waals surface area contributed by atoms with Crippen molar-refractivity contribution in [1.82, 2.24) is 15.5 Å². The maximum Gasteiger partial charge on any atom is 0.292 e. The average molecular weight is 238 g/mol. The van der Waals surface area contributed by atoms with Crippen LogP contribution in [-0.2, 0) is 5.54 Å². The summed E-state index contributed by atoms with van der Waals surface area (Å²) in [5.41, 5.74) is 5.38. The van der Waals surface area contributed by atoms with E-state index in [1.165, 1.54) is 0 Å². The van der Waals surface area contributed by atoms with Crippen molar-refractivity contribution in [2.24, 2.45) is 5.73 Å². The van der Waals surface area contributed by atoms with Crippen molar-refractivity contribution in [3.63, 3.8) is 0 Å². The van der Waals surface area contributed by atoms with Gasteiger partial charge in [0.25, 0.3) is 11.7 Å². The fourth-order valence-corrected chi connectivity index (χ4v) is 1.65. The summed E-state index contributed by atoms with van der Waals surface area (Å²) in [5.74, 6) is 0.106. The summed E-state index contributed by atoms with van der Waals surface area (Å²) in [6.07, 6.45) is 3.71. The van der Waals surface area contributed by atoms with E-state index in [9.17, 15) is 4.79 Å². The summed E-state index contributed by atoms with van der Waals surface area (Å²) in [4.78, 5) is 15.7. The zero-order valence-corrected chi connectivity index (χ0v) is 10.2. The average Bonchev–Trinajstić information content (AvgIpc) is 2.92. The minimum absolute atomic E-state index is 0.0691. The van der Waals surface area contributed by atoms with Gasteiger partial charge in [0.15, 0.2) is 0 Å². The monoisotopic (exact) mass is 238 g/mol. The topological polar surface area (TPSA) is 94.0 Å². The highest BCUT2D eigenvalue weighted by Gasteiger charge is 2.30. The van der Waals surface area contributed by atoms with Crippen molar-refractivity contribution in [1.29, 1.82) is 0 Å². The normalized spacial score (nSPS) is 18.8. The van der Waals surface area contributed by atoms with Crippen LogP contribution in [0.1, 0.15) is 56.0 Å². The predicted octanol–water partition coefficient (Wildman–Crippen LogP) is 0.936. The highest BCUT2D eigenvalue weighted by atomic mass is 16.5. The molecular weight excluding hydrogens is 220 g/mol. The highest BCUT2D eigenvalue weighted by molar-refractivity contribution is 5.90. The second kappa shape index (κ2) is 4.44. The van der Waals surface area contributed by atoms with Gasteiger partial charge in [-0.05, 0) is 26.2 Å². The van der Waals surface area contributed by atoms with Gasteiger partial charge in [0.05, 0.1) is 5.54 Å². The van der Waals surface area contributed by atoms with Crippen molar-refractivity contribution in [3.05, 3.63) is 11.7 Å². The number of amides is 1. The van der Waals surface area contributed by atoms with Gasteiger partial charge in [-0.1, -0.05) is 18.5 Å². The third-order valence-electron chi connectivity index (χ3n) is 2.80. The summed E-state index contributed by atoms with van der Waals surface area (Å²) in [5, 5.41) is 6.47. The zero-order chi connectivity index (χ0) is 12.5. The van der Waals surface area contributed by atoms with Crippen LogP contribution < -0.4 is 11.1 Å². The third kappa shape index (κ3) is 2.82. The molecule has 6 nitrogen and oxygen atoms in total. The fourth-order valence-electron chi connectivity index (χ4n) is 1.65. The Balaban J connectivity index is 2.06. The number of hydrogen-bond acceptors (Lipinski definition) is 5. The molecule has 0 bridgehead atoms. The van der Waals surface area contributed by atoms with Crippen LogP contribution in [0.25, 0.3) is 0 Å². The molecule has 94 valence electrons. The first-order valence-corrected chi connectivity index (χ1v) is 5.97. The van der Waals surface area contributed by atoms with Gasteiger partial charge in [0.2, 0.25) is 5.89 Å². The number of nitrogens with zero attached hydrogens (tertiary/aromatic N) is 2. The first-order valence-electron chi connectivity index (χ1n) is 5.97. The summed E-state index contributed by atoms with van der Waals surface area (Å²) >= 11 is 0. The molecule has 1 fully saturated rings. The van der Waals surface area contributed by atoms with Gasteiger partial charge in [0.1, 0.15) is 0 Å². The lowest BCUT2D eigenvalue weighted by molar-refractivity contribution is 0.0937. The van der Waals surface area contributed by atoms with Gasteiger partial charge in [-0.2, -0.15) is 4.98 Å². The van der Waals surface area contributed by atoms with Crippen LogP contribution in [0.5, 0.6) is 0 Å². The Hall–Kier alpha value is -1.43. The van der Waals surface area contributed by atoms with Gasteiger partial charge in [-0.15, -0.1) is 0 Å². The Labute approximate surface area is 99.9 Å². The standard InChI is InChI=1S/C11H18N4O2/c1-3-6-11(2,12)10-14-8(15-17-10)9(16)13-7-4-5-7/h7H,3-6,12H2,1-2H3,(H,13,16). The second-order valence-electron chi connectivity index (χ2n) is 4.84. The molecule has 0 saturated heterocycles. The van der Waals surface area contributed by atoms with E-state index in [2.05, 4.69) is 15.5 Å². The van der Waals surface area contributed by atoms with Gasteiger partial charge in [-0.3, -0.25) is 4.79 Å². The first-order chi connectivity index (χ1) is 8.03. The Morgan fingerprint density at radius 1 is 1.65 bits per heavy atom. The number of nitrogens with two attached hydrogens (primary N) is 1. The summed E-state index contributed by atoms with van der Waals surface area (Å²) in [7, 11) is 0. The Bertz CT molecular complexity index is 409. The Morgan fingerprint density at radius 2 is 2.35 bits per heavy atom. The molecule has 0 aliphatic heterocycles. The molecule has 0 spiro atoms. The van der Waals surface area contributed by atoms with Gasteiger partial charge < -0.3 is 15.6 Å². The van der Waals surface area contributed by atoms with Crippen molar-refractivity contribution >= 4 is 5.91 Å². The summed E-state index contributed by atoms with van der Waals surface area (Å²) < 4.78 is 5.06. The molecule has 2 rings (SSSR count). The maximum absolute atomic E-state index is 11.7. The number of rotatable bonds is 5. The summed E-state index contributed by atoms with van der Waals surface area (Å²) in [6, 6.07) is 0.282. The van der Waals surface area contributed by atoms with E-state index in [1.807, 2.05) is 13.8 Å². The first kappa shape index (κ1) is 12.0. The van der Waals surface area contributed by atoms with Crippen LogP contribution in [0.4, 0.5) is 0 Å². The van der Waals surface area contributed by atoms with E-state index in [0.29, 0.717) is 5.89 Å². The molecule has 1 aromatic rings. The van der Waals surface area contributed by atoms with Crippen LogP contribution in [0.3, 0.4) is 0 Å². The molecular formula is C11H18N4O2. The van der Waals surface area contributed by atoms with E-state index in [4.69, 9.17) is 10.3 Å². The third-order valence-corrected chi connectivity index (χ3v) is 2.80. The molecule has 17 heavy (non-hydrogen) atoms. The molecule has 1 atom stereocenters. The highest BCUT2D eigenvalue weighted by Crippen LogP contribution is 2.22. The SMILES string of the molecule is CCCC(C)(N)c1nc(C(=O)NC2CC2)no1. The molecule has 1 aromatic heterocycles. The zero-order valence-electron chi connectivity index (χ0n) is 10.2. The Morgan fingerprint density at radius 3 is 2.94 bits per heavy atom. The fraction of sp³-hybridized carbons (Fsp3) is 0.727. The largest absolute Gasteiger partial charge is 0.346 e. The number of nitrogens with one attached hydrogen (secondary N) is 1. The van der Waals surface area contributed by atoms with E-state index in [1.54, 1.807) is 0 Å². The summed E-state index contributed by atoms with van der Waals surface area (Å²) in [6.45, 7) is 3.86. The molecule has 1 saturated carbocycles. The van der Waals surface area contributed by atoms with Crippen molar-refractivity contribution in [3.8, 4) is 0 Å². The molecule has 1 heterocycles. The van der Waals surface area contributed by atoms with Crippen molar-refractivity contribution in [2.45, 2.75) is 51.1 Å². The molecule has 1 unspecified atom stereocenters. The van der Waals surface area contributed by atoms with Crippen molar-refractivity contribution < 1.29 is 9.32 Å². The lowest BCUT2D eigenvalue weighted by atomic mass is 9.98. The van der Waals surface area contributed by atoms with Crippen LogP contribution in [0.15, 0.2) is 4.52 Å². The molecule has 1 aliphatic rings. The van der Waals surface area contributed by atoms with Crippen LogP contribution in [0.2, 0.25) is 0 Å². The molecule has 1 aliphatic carbocycles. The van der Waals surface area contributed by atoms with E-state index in [-0.39, 0.29) is 17.8 Å². The minimum atomic E-state index is -0.667. The molecule has 0 aromatic carbocycles. The number of carbonyl (C=O) groups excluding carboxylic acids is 1. The molecule has 0 radical (unpaired) electrons. The second-order valence-corrected chi connectivity index (χ2v) is 4.84. The lowest BCUT2D eigenvalue weighted by Gasteiger charge is -2.18. The number of aromatic nitrogens is 2. The van der Waals surface area contributed by atoms with E-state index >= 15 is 0 Å². The van der Waals surface area contributed by atoms with Crippen LogP contribution in [-0.4, -0.2) is 22.1 Å². The van der Waals surface area contributed by atoms with Crippen LogP contribution in [0, 0.1) is 0 Å². The van der Waals surface area contributed by atoms with E-state index < -0.39 is 5.54 Å². The smallest absolute Gasteiger partial charge is 0.292 e. The number of carbonyl (C=O) groups is 1. The minimum Gasteiger partial charge on any atom is -0.346 e. The maximum atomic E-state index is 11.7. The molecule has 1 amide bonds. The van der Waals surface area contributed by atoms with Crippen molar-refractivity contribution in [2.75, 3.05) is 0 Å². The number of hydrogen-bond donors (Lipinski definition) is 2. The van der Waals surface area contributed by atoms with Gasteiger partial charge in [0, 0.05) is 6.04 Å². The van der Waals surface area contributed by atoms with E-state index in [0.717, 1.165) is 25.7 Å². The molecule has 6 heteroatoms. The Kier molecular flexibility index (Phi) is 3.15. The predicted molar refractivity (Wildman–Crippen MR) is 61.2 cm³/mol. The van der Waals surface area contributed by atoms with Crippen LogP contribution >= 0.6 is 0 Å². The quantitative estimate of drug-likeness (QED) is 0.796. The lowest BCUT2D eigenvalue weighted by Crippen LogP contribution is -2.33.